The highest BCUT2D eigenvalue weighted by atomic mass is 16.2. The average molecular weight is 382 g/mol. The summed E-state index contributed by atoms with van der Waals surface area (Å²) in [5.74, 6) is 0.419. The molecule has 0 saturated carbocycles. The predicted molar refractivity (Wildman–Crippen MR) is 106 cm³/mol. The number of aromatic nitrogens is 2. The molecule has 0 fully saturated rings. The van der Waals surface area contributed by atoms with E-state index in [0.29, 0.717) is 32.1 Å². The number of benzene rings is 1. The minimum Gasteiger partial charge on any atom is -0.355 e. The molecule has 0 bridgehead atoms. The standard InChI is InChI=1S/C20H26N6O2/c1-14(27)21-9-10-22-18-23-12-16-17(25-18)13-26(20(16,2)3)19(28)24-11-15-7-5-4-6-8-15/h4-8,12H,9-11,13H2,1-3H3,(H,21,27)(H,24,28)(H,22,23,25). The normalized spacial score (nSPS) is 14.3. The molecular weight excluding hydrogens is 356 g/mol. The van der Waals surface area contributed by atoms with Crippen LogP contribution in [0.3, 0.4) is 0 Å². The highest BCUT2D eigenvalue weighted by Crippen LogP contribution is 2.37. The van der Waals surface area contributed by atoms with E-state index in [0.717, 1.165) is 16.8 Å². The van der Waals surface area contributed by atoms with E-state index in [1.54, 1.807) is 11.1 Å². The van der Waals surface area contributed by atoms with Crippen LogP contribution < -0.4 is 16.0 Å². The summed E-state index contributed by atoms with van der Waals surface area (Å²) in [6, 6.07) is 9.68. The number of hydrogen-bond acceptors (Lipinski definition) is 5. The summed E-state index contributed by atoms with van der Waals surface area (Å²) in [6.07, 6.45) is 1.77. The molecule has 2 aromatic rings. The van der Waals surface area contributed by atoms with E-state index in [-0.39, 0.29) is 11.9 Å². The number of nitrogens with zero attached hydrogens (tertiary/aromatic N) is 3. The Morgan fingerprint density at radius 1 is 1.14 bits per heavy atom. The SMILES string of the molecule is CC(=O)NCCNc1ncc2c(n1)CN(C(=O)NCc1ccccc1)C2(C)C. The van der Waals surface area contributed by atoms with Gasteiger partial charge in [0.15, 0.2) is 0 Å². The van der Waals surface area contributed by atoms with Gasteiger partial charge in [0.2, 0.25) is 11.9 Å². The number of anilines is 1. The summed E-state index contributed by atoms with van der Waals surface area (Å²) in [6.45, 7) is 7.39. The Bertz CT molecular complexity index is 853. The fourth-order valence-corrected chi connectivity index (χ4v) is 3.23. The van der Waals surface area contributed by atoms with Gasteiger partial charge in [-0.05, 0) is 19.4 Å². The summed E-state index contributed by atoms with van der Waals surface area (Å²) in [5.41, 5.74) is 2.33. The first-order chi connectivity index (χ1) is 13.4. The molecular formula is C20H26N6O2. The molecule has 0 aliphatic carbocycles. The van der Waals surface area contributed by atoms with E-state index >= 15 is 0 Å². The second kappa shape index (κ2) is 8.24. The van der Waals surface area contributed by atoms with Crippen molar-refractivity contribution in [2.75, 3.05) is 18.4 Å². The van der Waals surface area contributed by atoms with Crippen molar-refractivity contribution in [1.82, 2.24) is 25.5 Å². The van der Waals surface area contributed by atoms with Crippen molar-refractivity contribution in [3.63, 3.8) is 0 Å². The van der Waals surface area contributed by atoms with Crippen molar-refractivity contribution < 1.29 is 9.59 Å². The van der Waals surface area contributed by atoms with Crippen molar-refractivity contribution >= 4 is 17.9 Å². The molecule has 28 heavy (non-hydrogen) atoms. The van der Waals surface area contributed by atoms with Crippen molar-refractivity contribution in [3.8, 4) is 0 Å². The van der Waals surface area contributed by atoms with E-state index in [9.17, 15) is 9.59 Å². The largest absolute Gasteiger partial charge is 0.355 e. The van der Waals surface area contributed by atoms with Crippen LogP contribution >= 0.6 is 0 Å². The number of carbonyl (C=O) groups is 2. The summed E-state index contributed by atoms with van der Waals surface area (Å²) in [4.78, 5) is 34.4. The first kappa shape index (κ1) is 19.6. The molecule has 3 rings (SSSR count). The number of hydrogen-bond donors (Lipinski definition) is 3. The van der Waals surface area contributed by atoms with Gasteiger partial charge in [-0.15, -0.1) is 0 Å². The average Bonchev–Trinajstić information content (AvgIpc) is 2.94. The summed E-state index contributed by atoms with van der Waals surface area (Å²) < 4.78 is 0. The molecule has 1 aromatic heterocycles. The van der Waals surface area contributed by atoms with Crippen LogP contribution in [0.5, 0.6) is 0 Å². The maximum absolute atomic E-state index is 12.8. The molecule has 0 atom stereocenters. The maximum Gasteiger partial charge on any atom is 0.318 e. The lowest BCUT2D eigenvalue weighted by molar-refractivity contribution is -0.118. The van der Waals surface area contributed by atoms with Crippen molar-refractivity contribution in [2.24, 2.45) is 0 Å². The lowest BCUT2D eigenvalue weighted by Crippen LogP contribution is -2.45. The van der Waals surface area contributed by atoms with E-state index in [4.69, 9.17) is 0 Å². The zero-order valence-corrected chi connectivity index (χ0v) is 16.5. The summed E-state index contributed by atoms with van der Waals surface area (Å²) in [5, 5.41) is 8.79. The van der Waals surface area contributed by atoms with Crippen molar-refractivity contribution in [1.29, 1.82) is 0 Å². The second-order valence-electron chi connectivity index (χ2n) is 7.25. The molecule has 1 aliphatic heterocycles. The molecule has 8 nitrogen and oxygen atoms in total. The third kappa shape index (κ3) is 4.39. The third-order valence-corrected chi connectivity index (χ3v) is 4.82. The van der Waals surface area contributed by atoms with Gasteiger partial charge >= 0.3 is 6.03 Å². The Morgan fingerprint density at radius 2 is 1.89 bits per heavy atom. The van der Waals surface area contributed by atoms with Crippen LogP contribution in [0.2, 0.25) is 0 Å². The first-order valence-corrected chi connectivity index (χ1v) is 9.32. The lowest BCUT2D eigenvalue weighted by Gasteiger charge is -2.32. The second-order valence-corrected chi connectivity index (χ2v) is 7.25. The monoisotopic (exact) mass is 382 g/mol. The zero-order chi connectivity index (χ0) is 20.1. The molecule has 3 N–H and O–H groups in total. The van der Waals surface area contributed by atoms with E-state index in [1.165, 1.54) is 6.92 Å². The fraction of sp³-hybridized carbons (Fsp3) is 0.400. The van der Waals surface area contributed by atoms with E-state index < -0.39 is 5.54 Å². The van der Waals surface area contributed by atoms with Crippen LogP contribution in [-0.4, -0.2) is 39.9 Å². The minimum atomic E-state index is -0.495. The topological polar surface area (TPSA) is 99.2 Å². The highest BCUT2D eigenvalue weighted by Gasteiger charge is 2.41. The molecule has 1 aliphatic rings. The van der Waals surface area contributed by atoms with Gasteiger partial charge < -0.3 is 20.9 Å². The van der Waals surface area contributed by atoms with Gasteiger partial charge in [-0.3, -0.25) is 4.79 Å². The number of nitrogens with one attached hydrogen (secondary N) is 3. The van der Waals surface area contributed by atoms with Gasteiger partial charge in [0.25, 0.3) is 0 Å². The fourth-order valence-electron chi connectivity index (χ4n) is 3.23. The molecule has 2 heterocycles. The first-order valence-electron chi connectivity index (χ1n) is 9.32. The van der Waals surface area contributed by atoms with Gasteiger partial charge in [0.05, 0.1) is 17.8 Å². The lowest BCUT2D eigenvalue weighted by atomic mass is 9.97. The Morgan fingerprint density at radius 3 is 2.61 bits per heavy atom. The molecule has 3 amide bonds. The highest BCUT2D eigenvalue weighted by molar-refractivity contribution is 5.76. The van der Waals surface area contributed by atoms with Gasteiger partial charge in [-0.2, -0.15) is 0 Å². The van der Waals surface area contributed by atoms with Crippen LogP contribution in [0.4, 0.5) is 10.7 Å². The number of urea groups is 1. The number of fused-ring (bicyclic) bond motifs is 1. The molecule has 0 radical (unpaired) electrons. The molecule has 0 spiro atoms. The molecule has 8 heteroatoms. The predicted octanol–water partition coefficient (Wildman–Crippen LogP) is 1.99. The van der Waals surface area contributed by atoms with E-state index in [2.05, 4.69) is 25.9 Å². The molecule has 0 unspecified atom stereocenters. The van der Waals surface area contributed by atoms with Crippen LogP contribution in [0.15, 0.2) is 36.5 Å². The van der Waals surface area contributed by atoms with E-state index in [1.807, 2.05) is 44.2 Å². The Hall–Kier alpha value is -3.16. The number of carbonyl (C=O) groups excluding carboxylic acids is 2. The number of amides is 3. The van der Waals surface area contributed by atoms with Crippen LogP contribution in [0.1, 0.15) is 37.6 Å². The van der Waals surface area contributed by atoms with Gasteiger partial charge in [0.1, 0.15) is 0 Å². The van der Waals surface area contributed by atoms with Crippen molar-refractivity contribution in [3.05, 3.63) is 53.3 Å². The zero-order valence-electron chi connectivity index (χ0n) is 16.5. The smallest absolute Gasteiger partial charge is 0.318 e. The van der Waals surface area contributed by atoms with Gasteiger partial charge in [-0.1, -0.05) is 30.3 Å². The van der Waals surface area contributed by atoms with Crippen LogP contribution in [0.25, 0.3) is 0 Å². The van der Waals surface area contributed by atoms with Gasteiger partial charge in [0, 0.05) is 38.3 Å². The summed E-state index contributed by atoms with van der Waals surface area (Å²) in [7, 11) is 0. The maximum atomic E-state index is 12.8. The van der Waals surface area contributed by atoms with Gasteiger partial charge in [-0.25, -0.2) is 14.8 Å². The van der Waals surface area contributed by atoms with Crippen LogP contribution in [0, 0.1) is 0 Å². The summed E-state index contributed by atoms with van der Waals surface area (Å²) >= 11 is 0. The third-order valence-electron chi connectivity index (χ3n) is 4.82. The Labute approximate surface area is 164 Å². The number of rotatable bonds is 6. The molecule has 1 aromatic carbocycles. The Balaban J connectivity index is 1.63. The molecule has 148 valence electrons. The van der Waals surface area contributed by atoms with Crippen LogP contribution in [-0.2, 0) is 23.4 Å². The quantitative estimate of drug-likeness (QED) is 0.664. The minimum absolute atomic E-state index is 0.0735. The Kier molecular flexibility index (Phi) is 5.77. The van der Waals surface area contributed by atoms with Crippen molar-refractivity contribution in [2.45, 2.75) is 39.4 Å². The molecule has 0 saturated heterocycles.